The molecule has 0 unspecified atom stereocenters. The molecule has 1 aromatic rings. The zero-order chi connectivity index (χ0) is 9.14. The van der Waals surface area contributed by atoms with E-state index in [1.54, 1.807) is 6.92 Å². The molecule has 0 bridgehead atoms. The van der Waals surface area contributed by atoms with Crippen molar-refractivity contribution in [3.63, 3.8) is 0 Å². The molecule has 0 spiro atoms. The van der Waals surface area contributed by atoms with Gasteiger partial charge < -0.3 is 4.74 Å². The number of nitrogens with zero attached hydrogens (tertiary/aromatic N) is 1. The maximum Gasteiger partial charge on any atom is 0.338 e. The van der Waals surface area contributed by atoms with Crippen molar-refractivity contribution >= 4 is 5.97 Å². The second kappa shape index (κ2) is 3.30. The molecule has 0 N–H and O–H groups in total. The van der Waals surface area contributed by atoms with Gasteiger partial charge >= 0.3 is 5.97 Å². The molecule has 0 aliphatic rings. The third-order valence-electron chi connectivity index (χ3n) is 1.34. The summed E-state index contributed by atoms with van der Waals surface area (Å²) in [6.45, 7) is 1.61. The minimum atomic E-state index is -0.671. The Kier molecular flexibility index (Phi) is 2.38. The Morgan fingerprint density at radius 1 is 1.58 bits per heavy atom. The van der Waals surface area contributed by atoms with Gasteiger partial charge in [0.2, 0.25) is 5.95 Å². The molecule has 0 amide bonds. The number of aryl methyl sites for hydroxylation is 1. The van der Waals surface area contributed by atoms with Gasteiger partial charge in [0, 0.05) is 11.8 Å². The molecule has 1 aromatic heterocycles. The molecule has 0 saturated heterocycles. The summed E-state index contributed by atoms with van der Waals surface area (Å²) < 4.78 is 17.0. The molecular formula is C8H8FNO2. The maximum atomic E-state index is 12.6. The van der Waals surface area contributed by atoms with Gasteiger partial charge in [-0.15, -0.1) is 0 Å². The number of methoxy groups -OCH3 is 1. The van der Waals surface area contributed by atoms with Crippen molar-refractivity contribution in [2.75, 3.05) is 7.11 Å². The average Bonchev–Trinajstić information content (AvgIpc) is 2.01. The first-order chi connectivity index (χ1) is 5.63. The van der Waals surface area contributed by atoms with Crippen LogP contribution < -0.4 is 0 Å². The number of carbonyl (C=O) groups excluding carboxylic acids is 1. The Bertz CT molecular complexity index is 292. The summed E-state index contributed by atoms with van der Waals surface area (Å²) >= 11 is 0. The summed E-state index contributed by atoms with van der Waals surface area (Å²) in [6.07, 6.45) is 0. The van der Waals surface area contributed by atoms with Crippen molar-refractivity contribution in [2.45, 2.75) is 6.92 Å². The number of carbonyl (C=O) groups is 1. The molecule has 0 radical (unpaired) electrons. The van der Waals surface area contributed by atoms with E-state index in [0.717, 1.165) is 6.07 Å². The van der Waals surface area contributed by atoms with E-state index in [9.17, 15) is 9.18 Å². The lowest BCUT2D eigenvalue weighted by Crippen LogP contribution is -2.03. The number of esters is 1. The summed E-state index contributed by atoms with van der Waals surface area (Å²) in [7, 11) is 1.25. The van der Waals surface area contributed by atoms with Crippen molar-refractivity contribution in [1.29, 1.82) is 0 Å². The minimum Gasteiger partial charge on any atom is -0.465 e. The van der Waals surface area contributed by atoms with Gasteiger partial charge in [-0.05, 0) is 13.0 Å². The van der Waals surface area contributed by atoms with Gasteiger partial charge in [-0.2, -0.15) is 4.39 Å². The summed E-state index contributed by atoms with van der Waals surface area (Å²) in [4.78, 5) is 14.4. The van der Waals surface area contributed by atoms with Crippen molar-refractivity contribution in [3.8, 4) is 0 Å². The second-order valence-electron chi connectivity index (χ2n) is 2.31. The number of aromatic nitrogens is 1. The highest BCUT2D eigenvalue weighted by Crippen LogP contribution is 2.05. The molecule has 0 fully saturated rings. The number of hydrogen-bond donors (Lipinski definition) is 0. The summed E-state index contributed by atoms with van der Waals surface area (Å²) in [5.74, 6) is -1.23. The van der Waals surface area contributed by atoms with E-state index in [1.807, 2.05) is 0 Å². The van der Waals surface area contributed by atoms with E-state index >= 15 is 0 Å². The summed E-state index contributed by atoms with van der Waals surface area (Å²) in [5, 5.41) is 0. The summed E-state index contributed by atoms with van der Waals surface area (Å²) in [5.41, 5.74) is 0.637. The van der Waals surface area contributed by atoms with Crippen LogP contribution in [0.2, 0.25) is 0 Å². The molecule has 3 nitrogen and oxygen atoms in total. The van der Waals surface area contributed by atoms with Crippen molar-refractivity contribution in [2.24, 2.45) is 0 Å². The van der Waals surface area contributed by atoms with E-state index in [2.05, 4.69) is 9.72 Å². The number of halogens is 1. The van der Waals surface area contributed by atoms with Crippen LogP contribution in [0, 0.1) is 12.9 Å². The Morgan fingerprint density at radius 3 is 2.75 bits per heavy atom. The van der Waals surface area contributed by atoms with Gasteiger partial charge in [0.25, 0.3) is 0 Å². The molecular weight excluding hydrogens is 161 g/mol. The predicted molar refractivity (Wildman–Crippen MR) is 40.3 cm³/mol. The van der Waals surface area contributed by atoms with E-state index in [-0.39, 0.29) is 5.56 Å². The van der Waals surface area contributed by atoms with Crippen molar-refractivity contribution in [1.82, 2.24) is 4.98 Å². The zero-order valence-electron chi connectivity index (χ0n) is 6.80. The Hall–Kier alpha value is -1.45. The highest BCUT2D eigenvalue weighted by Gasteiger charge is 2.07. The molecule has 0 aliphatic heterocycles. The average molecular weight is 169 g/mol. The SMILES string of the molecule is COC(=O)c1cc(C)nc(F)c1. The van der Waals surface area contributed by atoms with Gasteiger partial charge in [-0.3, -0.25) is 0 Å². The van der Waals surface area contributed by atoms with Crippen molar-refractivity contribution in [3.05, 3.63) is 29.3 Å². The standard InChI is InChI=1S/C8H8FNO2/c1-5-3-6(8(11)12-2)4-7(9)10-5/h3-4H,1-2H3. The molecule has 1 heterocycles. The molecule has 0 saturated carbocycles. The lowest BCUT2D eigenvalue weighted by atomic mass is 10.2. The van der Waals surface area contributed by atoms with Crippen molar-refractivity contribution < 1.29 is 13.9 Å². The Morgan fingerprint density at radius 2 is 2.25 bits per heavy atom. The van der Waals surface area contributed by atoms with Gasteiger partial charge in [-0.25, -0.2) is 9.78 Å². The fraction of sp³-hybridized carbons (Fsp3) is 0.250. The molecule has 12 heavy (non-hydrogen) atoms. The molecule has 0 aromatic carbocycles. The zero-order valence-corrected chi connectivity index (χ0v) is 6.80. The maximum absolute atomic E-state index is 12.6. The van der Waals surface area contributed by atoms with Crippen LogP contribution in [0.25, 0.3) is 0 Å². The first-order valence-electron chi connectivity index (χ1n) is 3.36. The number of rotatable bonds is 1. The van der Waals surface area contributed by atoms with Crippen LogP contribution in [0.1, 0.15) is 16.1 Å². The first-order valence-corrected chi connectivity index (χ1v) is 3.36. The molecule has 0 aliphatic carbocycles. The second-order valence-corrected chi connectivity index (χ2v) is 2.31. The smallest absolute Gasteiger partial charge is 0.338 e. The van der Waals surface area contributed by atoms with E-state index < -0.39 is 11.9 Å². The molecule has 64 valence electrons. The van der Waals surface area contributed by atoms with Gasteiger partial charge in [0.15, 0.2) is 0 Å². The lowest BCUT2D eigenvalue weighted by Gasteiger charge is -1.99. The highest BCUT2D eigenvalue weighted by atomic mass is 19.1. The Balaban J connectivity index is 3.08. The largest absolute Gasteiger partial charge is 0.465 e. The predicted octanol–water partition coefficient (Wildman–Crippen LogP) is 1.32. The number of hydrogen-bond acceptors (Lipinski definition) is 3. The quantitative estimate of drug-likeness (QED) is 0.470. The van der Waals surface area contributed by atoms with Crippen LogP contribution >= 0.6 is 0 Å². The third-order valence-corrected chi connectivity index (χ3v) is 1.34. The fourth-order valence-corrected chi connectivity index (χ4v) is 0.864. The highest BCUT2D eigenvalue weighted by molar-refractivity contribution is 5.89. The first kappa shape index (κ1) is 8.64. The normalized spacial score (nSPS) is 9.58. The van der Waals surface area contributed by atoms with E-state index in [1.165, 1.54) is 13.2 Å². The van der Waals surface area contributed by atoms with Crippen LogP contribution in [0.15, 0.2) is 12.1 Å². The van der Waals surface area contributed by atoms with E-state index in [0.29, 0.717) is 5.69 Å². The van der Waals surface area contributed by atoms with Crippen LogP contribution in [0.3, 0.4) is 0 Å². The van der Waals surface area contributed by atoms with Gasteiger partial charge in [0.05, 0.1) is 12.7 Å². The number of pyridine rings is 1. The molecule has 1 rings (SSSR count). The van der Waals surface area contributed by atoms with Gasteiger partial charge in [-0.1, -0.05) is 0 Å². The lowest BCUT2D eigenvalue weighted by molar-refractivity contribution is 0.0600. The minimum absolute atomic E-state index is 0.183. The van der Waals surface area contributed by atoms with E-state index in [4.69, 9.17) is 0 Å². The third kappa shape index (κ3) is 1.78. The topological polar surface area (TPSA) is 39.2 Å². The monoisotopic (exact) mass is 169 g/mol. The van der Waals surface area contributed by atoms with Crippen LogP contribution in [-0.4, -0.2) is 18.1 Å². The Labute approximate surface area is 69.2 Å². The fourth-order valence-electron chi connectivity index (χ4n) is 0.864. The van der Waals surface area contributed by atoms with Gasteiger partial charge in [0.1, 0.15) is 0 Å². The number of ether oxygens (including phenoxy) is 1. The molecule has 4 heteroatoms. The summed E-state index contributed by atoms with van der Waals surface area (Å²) in [6, 6.07) is 2.51. The van der Waals surface area contributed by atoms with Crippen LogP contribution in [0.4, 0.5) is 4.39 Å². The van der Waals surface area contributed by atoms with Crippen LogP contribution in [0.5, 0.6) is 0 Å². The molecule has 0 atom stereocenters. The van der Waals surface area contributed by atoms with Crippen LogP contribution in [-0.2, 0) is 4.74 Å².